The molecule has 0 saturated heterocycles. The lowest BCUT2D eigenvalue weighted by Crippen LogP contribution is -2.07. The van der Waals surface area contributed by atoms with Crippen LogP contribution in [0.1, 0.15) is 36.1 Å². The number of rotatable bonds is 4. The molecular formula is C18H21NO. The van der Waals surface area contributed by atoms with Gasteiger partial charge < -0.3 is 10.1 Å². The SMILES string of the molecule is CCOc1cccc(NC2CCc3ccc(C)cc32)c1. The van der Waals surface area contributed by atoms with Crippen LogP contribution in [0.15, 0.2) is 42.5 Å². The lowest BCUT2D eigenvalue weighted by atomic mass is 10.0. The molecule has 0 radical (unpaired) electrons. The predicted molar refractivity (Wildman–Crippen MR) is 83.5 cm³/mol. The monoisotopic (exact) mass is 267 g/mol. The molecule has 1 aliphatic rings. The third-order valence-corrected chi connectivity index (χ3v) is 3.87. The van der Waals surface area contributed by atoms with Crippen molar-refractivity contribution in [2.45, 2.75) is 32.7 Å². The van der Waals surface area contributed by atoms with Gasteiger partial charge in [0.25, 0.3) is 0 Å². The number of hydrogen-bond donors (Lipinski definition) is 1. The molecule has 0 aliphatic heterocycles. The van der Waals surface area contributed by atoms with E-state index in [-0.39, 0.29) is 0 Å². The second-order valence-corrected chi connectivity index (χ2v) is 5.40. The molecule has 0 bridgehead atoms. The summed E-state index contributed by atoms with van der Waals surface area (Å²) >= 11 is 0. The molecule has 2 heteroatoms. The van der Waals surface area contributed by atoms with E-state index in [1.807, 2.05) is 19.1 Å². The molecule has 20 heavy (non-hydrogen) atoms. The summed E-state index contributed by atoms with van der Waals surface area (Å²) in [5.74, 6) is 0.931. The maximum Gasteiger partial charge on any atom is 0.121 e. The predicted octanol–water partition coefficient (Wildman–Crippen LogP) is 4.49. The highest BCUT2D eigenvalue weighted by molar-refractivity contribution is 5.52. The van der Waals surface area contributed by atoms with Gasteiger partial charge in [-0.05, 0) is 49.9 Å². The fraction of sp³-hybridized carbons (Fsp3) is 0.333. The van der Waals surface area contributed by atoms with Crippen molar-refractivity contribution in [1.29, 1.82) is 0 Å². The Morgan fingerprint density at radius 3 is 2.95 bits per heavy atom. The van der Waals surface area contributed by atoms with Gasteiger partial charge in [0.2, 0.25) is 0 Å². The van der Waals surface area contributed by atoms with Gasteiger partial charge in [-0.15, -0.1) is 0 Å². The molecule has 1 atom stereocenters. The second-order valence-electron chi connectivity index (χ2n) is 5.40. The van der Waals surface area contributed by atoms with Crippen LogP contribution in [0.5, 0.6) is 5.75 Å². The van der Waals surface area contributed by atoms with Crippen LogP contribution in [0.4, 0.5) is 5.69 Å². The lowest BCUT2D eigenvalue weighted by Gasteiger charge is -2.16. The van der Waals surface area contributed by atoms with Crippen LogP contribution in [0.25, 0.3) is 0 Å². The molecule has 0 saturated carbocycles. The molecule has 3 rings (SSSR count). The van der Waals surface area contributed by atoms with E-state index in [1.165, 1.54) is 23.1 Å². The molecule has 2 nitrogen and oxygen atoms in total. The molecule has 1 aliphatic carbocycles. The van der Waals surface area contributed by atoms with Crippen molar-refractivity contribution in [2.75, 3.05) is 11.9 Å². The first-order valence-electron chi connectivity index (χ1n) is 7.35. The van der Waals surface area contributed by atoms with Crippen molar-refractivity contribution in [3.63, 3.8) is 0 Å². The van der Waals surface area contributed by atoms with Crippen LogP contribution in [-0.4, -0.2) is 6.61 Å². The summed E-state index contributed by atoms with van der Waals surface area (Å²) in [7, 11) is 0. The Morgan fingerprint density at radius 1 is 1.20 bits per heavy atom. The number of ether oxygens (including phenoxy) is 1. The van der Waals surface area contributed by atoms with Crippen molar-refractivity contribution < 1.29 is 4.74 Å². The Morgan fingerprint density at radius 2 is 2.10 bits per heavy atom. The molecule has 1 N–H and O–H groups in total. The lowest BCUT2D eigenvalue weighted by molar-refractivity contribution is 0.340. The van der Waals surface area contributed by atoms with E-state index in [4.69, 9.17) is 4.74 Å². The van der Waals surface area contributed by atoms with Crippen LogP contribution >= 0.6 is 0 Å². The van der Waals surface area contributed by atoms with Crippen LogP contribution in [0, 0.1) is 6.92 Å². The fourth-order valence-corrected chi connectivity index (χ4v) is 2.92. The molecule has 2 aromatic carbocycles. The maximum absolute atomic E-state index is 5.56. The summed E-state index contributed by atoms with van der Waals surface area (Å²) in [5.41, 5.74) is 5.40. The van der Waals surface area contributed by atoms with Gasteiger partial charge in [0.1, 0.15) is 5.75 Å². The minimum absolute atomic E-state index is 0.418. The maximum atomic E-state index is 5.56. The zero-order chi connectivity index (χ0) is 13.9. The second kappa shape index (κ2) is 5.58. The van der Waals surface area contributed by atoms with E-state index in [0.717, 1.165) is 17.9 Å². The van der Waals surface area contributed by atoms with E-state index < -0.39 is 0 Å². The highest BCUT2D eigenvalue weighted by Gasteiger charge is 2.22. The molecule has 0 aromatic heterocycles. The van der Waals surface area contributed by atoms with Crippen LogP contribution in [0.3, 0.4) is 0 Å². The van der Waals surface area contributed by atoms with E-state index in [1.54, 1.807) is 0 Å². The van der Waals surface area contributed by atoms with Gasteiger partial charge in [0.15, 0.2) is 0 Å². The quantitative estimate of drug-likeness (QED) is 0.881. The largest absolute Gasteiger partial charge is 0.494 e. The van der Waals surface area contributed by atoms with Gasteiger partial charge in [0.05, 0.1) is 12.6 Å². The van der Waals surface area contributed by atoms with E-state index in [9.17, 15) is 0 Å². The molecule has 0 fully saturated rings. The van der Waals surface area contributed by atoms with Crippen LogP contribution in [0.2, 0.25) is 0 Å². The van der Waals surface area contributed by atoms with Crippen molar-refractivity contribution in [1.82, 2.24) is 0 Å². The number of nitrogens with one attached hydrogen (secondary N) is 1. The van der Waals surface area contributed by atoms with Gasteiger partial charge >= 0.3 is 0 Å². The number of fused-ring (bicyclic) bond motifs is 1. The van der Waals surface area contributed by atoms with Gasteiger partial charge in [-0.3, -0.25) is 0 Å². The molecular weight excluding hydrogens is 246 g/mol. The molecule has 2 aromatic rings. The summed E-state index contributed by atoms with van der Waals surface area (Å²) in [4.78, 5) is 0. The van der Waals surface area contributed by atoms with Gasteiger partial charge in [-0.2, -0.15) is 0 Å². The first-order valence-corrected chi connectivity index (χ1v) is 7.35. The number of benzene rings is 2. The summed E-state index contributed by atoms with van der Waals surface area (Å²) in [6.07, 6.45) is 2.33. The zero-order valence-electron chi connectivity index (χ0n) is 12.1. The normalized spacial score (nSPS) is 16.8. The summed E-state index contributed by atoms with van der Waals surface area (Å²) < 4.78 is 5.56. The number of anilines is 1. The van der Waals surface area contributed by atoms with Crippen LogP contribution in [-0.2, 0) is 6.42 Å². The molecule has 104 valence electrons. The zero-order valence-corrected chi connectivity index (χ0v) is 12.1. The first kappa shape index (κ1) is 13.0. The average Bonchev–Trinajstić information content (AvgIpc) is 2.82. The highest BCUT2D eigenvalue weighted by Crippen LogP contribution is 2.34. The topological polar surface area (TPSA) is 21.3 Å². The summed E-state index contributed by atoms with van der Waals surface area (Å²) in [5, 5.41) is 3.64. The number of hydrogen-bond acceptors (Lipinski definition) is 2. The van der Waals surface area contributed by atoms with Gasteiger partial charge in [0, 0.05) is 11.8 Å². The Balaban J connectivity index is 1.80. The summed E-state index contributed by atoms with van der Waals surface area (Å²) in [6, 6.07) is 15.4. The van der Waals surface area contributed by atoms with Crippen molar-refractivity contribution in [2.24, 2.45) is 0 Å². The van der Waals surface area contributed by atoms with Crippen molar-refractivity contribution in [3.05, 3.63) is 59.2 Å². The Bertz CT molecular complexity index is 606. The van der Waals surface area contributed by atoms with Gasteiger partial charge in [-0.1, -0.05) is 29.8 Å². The standard InChI is InChI=1S/C18H21NO/c1-3-20-16-6-4-5-15(12-16)19-18-10-9-14-8-7-13(2)11-17(14)18/h4-8,11-12,18-19H,3,9-10H2,1-2H3. The van der Waals surface area contributed by atoms with E-state index in [0.29, 0.717) is 12.6 Å². The Kier molecular flexibility index (Phi) is 3.64. The minimum atomic E-state index is 0.418. The number of aryl methyl sites for hydroxylation is 2. The molecule has 0 spiro atoms. The van der Waals surface area contributed by atoms with Crippen molar-refractivity contribution >= 4 is 5.69 Å². The molecule has 0 amide bonds. The highest BCUT2D eigenvalue weighted by atomic mass is 16.5. The fourth-order valence-electron chi connectivity index (χ4n) is 2.92. The van der Waals surface area contributed by atoms with Gasteiger partial charge in [-0.25, -0.2) is 0 Å². The smallest absolute Gasteiger partial charge is 0.121 e. The Labute approximate surface area is 120 Å². The summed E-state index contributed by atoms with van der Waals surface area (Å²) in [6.45, 7) is 4.87. The first-order chi connectivity index (χ1) is 9.76. The third-order valence-electron chi connectivity index (χ3n) is 3.87. The van der Waals surface area contributed by atoms with Crippen molar-refractivity contribution in [3.8, 4) is 5.75 Å². The third kappa shape index (κ3) is 2.64. The molecule has 0 heterocycles. The average molecular weight is 267 g/mol. The van der Waals surface area contributed by atoms with Crippen LogP contribution < -0.4 is 10.1 Å². The van der Waals surface area contributed by atoms with E-state index in [2.05, 4.69) is 42.6 Å². The van der Waals surface area contributed by atoms with E-state index >= 15 is 0 Å². The Hall–Kier alpha value is -1.96. The minimum Gasteiger partial charge on any atom is -0.494 e. The molecule has 1 unspecified atom stereocenters.